The van der Waals surface area contributed by atoms with Gasteiger partial charge >= 0.3 is 18.5 Å². The molecular weight excluding hydrogens is 632 g/mol. The summed E-state index contributed by atoms with van der Waals surface area (Å²) in [5.74, 6) is -2.70. The maximum Gasteiger partial charge on any atom is 0.441 e. The molecule has 0 fully saturated rings. The number of hydrogen-bond donors (Lipinski definition) is 2. The van der Waals surface area contributed by atoms with Crippen molar-refractivity contribution >= 4 is 61.0 Å². The first-order chi connectivity index (χ1) is 14.6. The average molecular weight is 644 g/mol. The van der Waals surface area contributed by atoms with Gasteiger partial charge in [-0.25, -0.2) is 4.99 Å². The molecular formula is C16H11Br2ClF9N3O2. The molecule has 17 heteroatoms. The molecule has 1 aliphatic rings. The van der Waals surface area contributed by atoms with Crippen LogP contribution in [0.3, 0.4) is 0 Å². The zero-order chi connectivity index (χ0) is 25.9. The van der Waals surface area contributed by atoms with Crippen LogP contribution in [0.1, 0.15) is 25.0 Å². The Morgan fingerprint density at radius 1 is 1.06 bits per heavy atom. The number of benzene rings is 1. The largest absolute Gasteiger partial charge is 0.441 e. The Balaban J connectivity index is 2.82. The van der Waals surface area contributed by atoms with E-state index in [2.05, 4.69) is 36.9 Å². The molecule has 0 aromatic heterocycles. The maximum absolute atomic E-state index is 13.6. The molecule has 0 radical (unpaired) electrons. The van der Waals surface area contributed by atoms with Gasteiger partial charge in [0.2, 0.25) is 9.19 Å². The molecule has 1 heterocycles. The molecule has 0 saturated carbocycles. The van der Waals surface area contributed by atoms with Crippen molar-refractivity contribution in [3.8, 4) is 0 Å². The van der Waals surface area contributed by atoms with Crippen LogP contribution in [0, 0.1) is 0 Å². The monoisotopic (exact) mass is 641 g/mol. The van der Waals surface area contributed by atoms with Gasteiger partial charge in [-0.05, 0) is 26.0 Å². The fourth-order valence-electron chi connectivity index (χ4n) is 2.69. The number of carbonyl (C=O) groups is 1. The molecule has 1 amide bonds. The Labute approximate surface area is 201 Å². The number of carbonyl (C=O) groups excluding carboxylic acids is 1. The number of aliphatic hydroxyl groups is 1. The molecule has 1 aromatic carbocycles. The van der Waals surface area contributed by atoms with E-state index in [9.17, 15) is 49.4 Å². The quantitative estimate of drug-likeness (QED) is 0.301. The van der Waals surface area contributed by atoms with Crippen molar-refractivity contribution in [2.75, 3.05) is 5.32 Å². The Bertz CT molecular complexity index is 993. The van der Waals surface area contributed by atoms with E-state index in [1.54, 1.807) is 0 Å². The summed E-state index contributed by atoms with van der Waals surface area (Å²) in [4.78, 5) is 16.3. The predicted octanol–water partition coefficient (Wildman–Crippen LogP) is 6.13. The lowest BCUT2D eigenvalue weighted by Crippen LogP contribution is -2.69. The van der Waals surface area contributed by atoms with Gasteiger partial charge in [0.25, 0.3) is 11.6 Å². The average Bonchev–Trinajstić information content (AvgIpc) is 2.58. The summed E-state index contributed by atoms with van der Waals surface area (Å²) < 4.78 is 117. The van der Waals surface area contributed by atoms with Gasteiger partial charge in [0.05, 0.1) is 21.8 Å². The lowest BCUT2D eigenvalue weighted by Gasteiger charge is -2.45. The van der Waals surface area contributed by atoms with Crippen LogP contribution in [-0.2, 0) is 17.1 Å². The van der Waals surface area contributed by atoms with Gasteiger partial charge in [0.1, 0.15) is 0 Å². The number of aliphatic imine (C=N–C) groups is 1. The fourth-order valence-corrected chi connectivity index (χ4v) is 3.96. The van der Waals surface area contributed by atoms with Crippen LogP contribution < -0.4 is 5.32 Å². The van der Waals surface area contributed by atoms with E-state index in [1.165, 1.54) is 13.8 Å². The van der Waals surface area contributed by atoms with Crippen LogP contribution >= 0.6 is 43.5 Å². The number of hydrogen-bond acceptors (Lipinski definition) is 4. The first-order valence-electron chi connectivity index (χ1n) is 8.41. The van der Waals surface area contributed by atoms with Gasteiger partial charge in [-0.2, -0.15) is 39.5 Å². The van der Waals surface area contributed by atoms with Gasteiger partial charge in [0, 0.05) is 6.04 Å². The Kier molecular flexibility index (Phi) is 7.16. The van der Waals surface area contributed by atoms with Gasteiger partial charge < -0.3 is 10.4 Å². The Hall–Kier alpha value is -1.26. The molecule has 2 rings (SSSR count). The second-order valence-corrected chi connectivity index (χ2v) is 10.8. The summed E-state index contributed by atoms with van der Waals surface area (Å²) in [7, 11) is 0. The summed E-state index contributed by atoms with van der Waals surface area (Å²) in [6.07, 6.45) is -16.3. The van der Waals surface area contributed by atoms with Crippen LogP contribution in [0.25, 0.3) is 0 Å². The third kappa shape index (κ3) is 4.93. The zero-order valence-electron chi connectivity index (χ0n) is 16.0. The van der Waals surface area contributed by atoms with Crippen molar-refractivity contribution in [2.24, 2.45) is 4.99 Å². The van der Waals surface area contributed by atoms with Crippen molar-refractivity contribution in [3.05, 3.63) is 28.3 Å². The van der Waals surface area contributed by atoms with Crippen LogP contribution in [0.5, 0.6) is 0 Å². The Morgan fingerprint density at radius 2 is 1.58 bits per heavy atom. The second kappa shape index (κ2) is 8.45. The second-order valence-electron chi connectivity index (χ2n) is 6.95. The maximum atomic E-state index is 13.6. The molecule has 186 valence electrons. The smallest absolute Gasteiger partial charge is 0.360 e. The number of guanidine groups is 1. The minimum atomic E-state index is -5.62. The van der Waals surface area contributed by atoms with E-state index in [0.717, 1.165) is 0 Å². The van der Waals surface area contributed by atoms with Crippen LogP contribution in [0.4, 0.5) is 45.2 Å². The minimum Gasteiger partial charge on any atom is -0.360 e. The van der Waals surface area contributed by atoms with E-state index < -0.39 is 67.2 Å². The van der Waals surface area contributed by atoms with Crippen LogP contribution in [0.15, 0.2) is 17.1 Å². The molecule has 1 aliphatic heterocycles. The fraction of sp³-hybridized carbons (Fsp3) is 0.500. The SMILES string of the molecule is CC(C)N1C(=O)C(Br)(Br)C(O)(C(F)(F)F)N=C1Nc1cc(C(F)(F)F)cc(C(F)(F)F)c1Cl. The highest BCUT2D eigenvalue weighted by Gasteiger charge is 2.72. The topological polar surface area (TPSA) is 64.9 Å². The lowest BCUT2D eigenvalue weighted by molar-refractivity contribution is -0.259. The van der Waals surface area contributed by atoms with E-state index in [0.29, 0.717) is 4.90 Å². The molecule has 5 nitrogen and oxygen atoms in total. The summed E-state index contributed by atoms with van der Waals surface area (Å²) in [5.41, 5.74) is -9.15. The number of alkyl halides is 11. The van der Waals surface area contributed by atoms with E-state index in [1.807, 2.05) is 5.32 Å². The predicted molar refractivity (Wildman–Crippen MR) is 106 cm³/mol. The van der Waals surface area contributed by atoms with E-state index >= 15 is 0 Å². The van der Waals surface area contributed by atoms with Crippen molar-refractivity contribution in [3.63, 3.8) is 0 Å². The highest BCUT2D eigenvalue weighted by molar-refractivity contribution is 9.26. The van der Waals surface area contributed by atoms with Crippen molar-refractivity contribution in [1.82, 2.24) is 4.90 Å². The molecule has 1 unspecified atom stereocenters. The molecule has 2 N–H and O–H groups in total. The summed E-state index contributed by atoms with van der Waals surface area (Å²) >= 11 is 10.5. The highest BCUT2D eigenvalue weighted by Crippen LogP contribution is 2.52. The van der Waals surface area contributed by atoms with Crippen LogP contribution in [-0.4, -0.2) is 43.0 Å². The molecule has 33 heavy (non-hydrogen) atoms. The van der Waals surface area contributed by atoms with Crippen molar-refractivity contribution in [1.29, 1.82) is 0 Å². The number of rotatable bonds is 2. The molecule has 0 spiro atoms. The number of nitrogens with zero attached hydrogens (tertiary/aromatic N) is 2. The number of anilines is 1. The lowest BCUT2D eigenvalue weighted by atomic mass is 10.1. The zero-order valence-corrected chi connectivity index (χ0v) is 19.9. The third-order valence-corrected chi connectivity index (χ3v) is 6.48. The van der Waals surface area contributed by atoms with Gasteiger partial charge in [-0.15, -0.1) is 0 Å². The number of nitrogens with one attached hydrogen (secondary N) is 1. The van der Waals surface area contributed by atoms with Crippen LogP contribution in [0.2, 0.25) is 5.02 Å². The van der Waals surface area contributed by atoms with Gasteiger partial charge in [-0.1, -0.05) is 43.5 Å². The van der Waals surface area contributed by atoms with Crippen molar-refractivity contribution in [2.45, 2.75) is 47.4 Å². The third-order valence-electron chi connectivity index (χ3n) is 4.28. The minimum absolute atomic E-state index is 0.0971. The first-order valence-corrected chi connectivity index (χ1v) is 10.4. The number of halogens is 12. The summed E-state index contributed by atoms with van der Waals surface area (Å²) in [6, 6.07) is -1.21. The van der Waals surface area contributed by atoms with Gasteiger partial charge in [-0.3, -0.25) is 9.69 Å². The van der Waals surface area contributed by atoms with E-state index in [-0.39, 0.29) is 12.1 Å². The summed E-state index contributed by atoms with van der Waals surface area (Å²) in [5, 5.41) is 10.7. The molecule has 0 bridgehead atoms. The molecule has 0 aliphatic carbocycles. The first kappa shape index (κ1) is 28.0. The van der Waals surface area contributed by atoms with Crippen molar-refractivity contribution < 1.29 is 49.4 Å². The molecule has 0 saturated heterocycles. The highest BCUT2D eigenvalue weighted by atomic mass is 79.9. The molecule has 1 aromatic rings. The summed E-state index contributed by atoms with van der Waals surface area (Å²) in [6.45, 7) is 2.52. The number of amides is 1. The standard InChI is InChI=1S/C16H11Br2ClF9N3O2/c1-5(2)31-10(32)12(17,18)15(33,16(26,27)28)30-11(31)29-8-4-6(13(20,21)22)3-7(9(8)19)14(23,24)25/h3-5,33H,1-2H3,(H,29,30). The Morgan fingerprint density at radius 3 is 1.97 bits per heavy atom. The molecule has 1 atom stereocenters. The van der Waals surface area contributed by atoms with Gasteiger partial charge in [0.15, 0.2) is 0 Å². The normalized spacial score (nSPS) is 22.0. The van der Waals surface area contributed by atoms with E-state index in [4.69, 9.17) is 11.6 Å².